The van der Waals surface area contributed by atoms with E-state index in [0.29, 0.717) is 23.7 Å². The number of hydrogen-bond acceptors (Lipinski definition) is 6. The fraction of sp³-hybridized carbons (Fsp3) is 0.360. The Morgan fingerprint density at radius 2 is 1.83 bits per heavy atom. The van der Waals surface area contributed by atoms with E-state index in [2.05, 4.69) is 10.1 Å². The summed E-state index contributed by atoms with van der Waals surface area (Å²) in [6.45, 7) is 8.49. The minimum absolute atomic E-state index is 0.00124. The van der Waals surface area contributed by atoms with Crippen molar-refractivity contribution < 1.29 is 27.4 Å². The van der Waals surface area contributed by atoms with Gasteiger partial charge in [0.05, 0.1) is 16.5 Å². The number of carbonyl (C=O) groups excluding carboxylic acids is 1. The highest BCUT2D eigenvalue weighted by molar-refractivity contribution is 6.31. The molecule has 0 aliphatic heterocycles. The molecule has 0 saturated carbocycles. The first-order chi connectivity index (χ1) is 16.6. The highest BCUT2D eigenvalue weighted by Crippen LogP contribution is 2.37. The lowest BCUT2D eigenvalue weighted by Crippen LogP contribution is -2.29. The number of rotatable bonds is 5. The smallest absolute Gasteiger partial charge is 0.417 e. The van der Waals surface area contributed by atoms with Gasteiger partial charge >= 0.3 is 12.1 Å². The SMILES string of the molecule is CCc1cc(Oc2ncc(C(F)(F)F)cc2Cl)ccc1-c1c(OC(=O)C(C)(C)C)n(C)nc(C)c1=O. The first-order valence-corrected chi connectivity index (χ1v) is 11.3. The number of aromatic nitrogens is 3. The van der Waals surface area contributed by atoms with Crippen LogP contribution < -0.4 is 14.9 Å². The largest absolute Gasteiger partial charge is 0.438 e. The number of alkyl halides is 3. The quantitative estimate of drug-likeness (QED) is 0.374. The Bertz CT molecular complexity index is 1380. The maximum absolute atomic E-state index is 13.2. The van der Waals surface area contributed by atoms with E-state index >= 15 is 0 Å². The fourth-order valence-electron chi connectivity index (χ4n) is 3.29. The van der Waals surface area contributed by atoms with Gasteiger partial charge in [0, 0.05) is 13.2 Å². The number of benzene rings is 1. The molecule has 0 radical (unpaired) electrons. The third-order valence-electron chi connectivity index (χ3n) is 5.24. The summed E-state index contributed by atoms with van der Waals surface area (Å²) in [6, 6.07) is 5.49. The Morgan fingerprint density at radius 3 is 2.39 bits per heavy atom. The van der Waals surface area contributed by atoms with Gasteiger partial charge in [-0.05, 0) is 63.4 Å². The third-order valence-corrected chi connectivity index (χ3v) is 5.51. The van der Waals surface area contributed by atoms with Crippen molar-refractivity contribution in [1.29, 1.82) is 0 Å². The van der Waals surface area contributed by atoms with Crippen molar-refractivity contribution in [1.82, 2.24) is 14.8 Å². The topological polar surface area (TPSA) is 83.3 Å². The molecule has 2 heterocycles. The van der Waals surface area contributed by atoms with Crippen LogP contribution in [0.1, 0.15) is 44.5 Å². The van der Waals surface area contributed by atoms with Crippen LogP contribution in [0, 0.1) is 12.3 Å². The summed E-state index contributed by atoms with van der Waals surface area (Å²) in [5.41, 5.74) is -0.683. The molecule has 7 nitrogen and oxygen atoms in total. The maximum Gasteiger partial charge on any atom is 0.417 e. The van der Waals surface area contributed by atoms with E-state index in [1.165, 1.54) is 10.7 Å². The van der Waals surface area contributed by atoms with Crippen LogP contribution in [0.3, 0.4) is 0 Å². The van der Waals surface area contributed by atoms with Crippen molar-refractivity contribution in [3.05, 3.63) is 62.5 Å². The van der Waals surface area contributed by atoms with Gasteiger partial charge in [-0.25, -0.2) is 9.67 Å². The molecule has 0 aliphatic rings. The van der Waals surface area contributed by atoms with Crippen LogP contribution in [0.4, 0.5) is 13.2 Å². The number of ether oxygens (including phenoxy) is 2. The summed E-state index contributed by atoms with van der Waals surface area (Å²) in [5.74, 6) is -0.484. The Morgan fingerprint density at radius 1 is 1.17 bits per heavy atom. The summed E-state index contributed by atoms with van der Waals surface area (Å²) in [7, 11) is 1.57. The van der Waals surface area contributed by atoms with Gasteiger partial charge in [0.2, 0.25) is 17.2 Å². The first kappa shape index (κ1) is 27.2. The van der Waals surface area contributed by atoms with E-state index in [1.54, 1.807) is 46.9 Å². The predicted octanol–water partition coefficient (Wildman–Crippen LogP) is 6.13. The molecule has 3 rings (SSSR count). The van der Waals surface area contributed by atoms with Crippen molar-refractivity contribution in [3.8, 4) is 28.6 Å². The molecule has 0 saturated heterocycles. The molecule has 11 heteroatoms. The molecule has 36 heavy (non-hydrogen) atoms. The standard InChI is InChI=1S/C25H25ClF3N3O4/c1-7-14-10-16(35-21-18(26)11-15(12-30-21)25(27,28)29)8-9-17(14)19-20(33)13(2)31-32(6)22(19)36-23(34)24(3,4)5/h8-12H,7H2,1-6H3. The highest BCUT2D eigenvalue weighted by Gasteiger charge is 2.32. The normalized spacial score (nSPS) is 11.9. The van der Waals surface area contributed by atoms with Gasteiger partial charge in [-0.3, -0.25) is 9.59 Å². The molecule has 192 valence electrons. The van der Waals surface area contributed by atoms with E-state index in [0.717, 1.165) is 6.07 Å². The van der Waals surface area contributed by atoms with Crippen LogP contribution in [-0.4, -0.2) is 20.7 Å². The van der Waals surface area contributed by atoms with Crippen molar-refractivity contribution in [2.45, 2.75) is 47.2 Å². The molecule has 0 fully saturated rings. The van der Waals surface area contributed by atoms with E-state index in [4.69, 9.17) is 21.1 Å². The van der Waals surface area contributed by atoms with Gasteiger partial charge < -0.3 is 9.47 Å². The summed E-state index contributed by atoms with van der Waals surface area (Å²) >= 11 is 5.96. The molecule has 0 bridgehead atoms. The number of halogens is 4. The van der Waals surface area contributed by atoms with Crippen LogP contribution in [0.15, 0.2) is 35.3 Å². The highest BCUT2D eigenvalue weighted by atomic mass is 35.5. The van der Waals surface area contributed by atoms with Crippen LogP contribution in [0.2, 0.25) is 5.02 Å². The lowest BCUT2D eigenvalue weighted by molar-refractivity contribution is -0.143. The molecule has 0 N–H and O–H groups in total. The predicted molar refractivity (Wildman–Crippen MR) is 128 cm³/mol. The zero-order valence-corrected chi connectivity index (χ0v) is 21.3. The van der Waals surface area contributed by atoms with Gasteiger partial charge in [0.15, 0.2) is 0 Å². The molecule has 0 atom stereocenters. The Hall–Kier alpha value is -3.40. The van der Waals surface area contributed by atoms with Crippen LogP contribution in [0.5, 0.6) is 17.5 Å². The van der Waals surface area contributed by atoms with Gasteiger partial charge in [-0.15, -0.1) is 0 Å². The average molecular weight is 524 g/mol. The second-order valence-electron chi connectivity index (χ2n) is 9.14. The van der Waals surface area contributed by atoms with Crippen LogP contribution >= 0.6 is 11.6 Å². The zero-order chi connectivity index (χ0) is 27.0. The van der Waals surface area contributed by atoms with E-state index in [1.807, 2.05) is 6.92 Å². The van der Waals surface area contributed by atoms with Crippen molar-refractivity contribution in [2.75, 3.05) is 0 Å². The summed E-state index contributed by atoms with van der Waals surface area (Å²) < 4.78 is 51.3. The number of carbonyl (C=O) groups is 1. The first-order valence-electron chi connectivity index (χ1n) is 11.0. The Balaban J connectivity index is 2.08. The molecule has 1 aromatic carbocycles. The lowest BCUT2D eigenvalue weighted by Gasteiger charge is -2.20. The Kier molecular flexibility index (Phi) is 7.50. The number of esters is 1. The van der Waals surface area contributed by atoms with Crippen molar-refractivity contribution in [3.63, 3.8) is 0 Å². The number of pyridine rings is 1. The van der Waals surface area contributed by atoms with E-state index in [9.17, 15) is 22.8 Å². The summed E-state index contributed by atoms with van der Waals surface area (Å²) in [5, 5.41) is 3.85. The van der Waals surface area contributed by atoms with Gasteiger partial charge in [-0.1, -0.05) is 24.6 Å². The monoisotopic (exact) mass is 523 g/mol. The minimum Gasteiger partial charge on any atom is -0.438 e. The molecule has 0 unspecified atom stereocenters. The molecular formula is C25H25ClF3N3O4. The number of hydrogen-bond donors (Lipinski definition) is 0. The molecule has 0 spiro atoms. The third kappa shape index (κ3) is 5.70. The second-order valence-corrected chi connectivity index (χ2v) is 9.55. The Labute approximate surface area is 210 Å². The molecule has 2 aromatic heterocycles. The van der Waals surface area contributed by atoms with Crippen LogP contribution in [-0.2, 0) is 24.4 Å². The lowest BCUT2D eigenvalue weighted by atomic mass is 9.96. The number of aryl methyl sites for hydroxylation is 3. The summed E-state index contributed by atoms with van der Waals surface area (Å²) in [6.07, 6.45) is -3.50. The second kappa shape index (κ2) is 9.93. The van der Waals surface area contributed by atoms with Gasteiger partial charge in [0.1, 0.15) is 16.5 Å². The van der Waals surface area contributed by atoms with Gasteiger partial charge in [-0.2, -0.15) is 18.3 Å². The fourth-order valence-corrected chi connectivity index (χ4v) is 3.49. The molecule has 0 amide bonds. The maximum atomic E-state index is 13.2. The van der Waals surface area contributed by atoms with Crippen molar-refractivity contribution in [2.24, 2.45) is 12.5 Å². The minimum atomic E-state index is -4.59. The van der Waals surface area contributed by atoms with Gasteiger partial charge in [0.25, 0.3) is 0 Å². The molecule has 0 aliphatic carbocycles. The van der Waals surface area contributed by atoms with Crippen molar-refractivity contribution >= 4 is 17.6 Å². The van der Waals surface area contributed by atoms with E-state index in [-0.39, 0.29) is 33.8 Å². The van der Waals surface area contributed by atoms with E-state index < -0.39 is 28.6 Å². The van der Waals surface area contributed by atoms with Crippen LogP contribution in [0.25, 0.3) is 11.1 Å². The molecule has 3 aromatic rings. The number of nitrogens with zero attached hydrogens (tertiary/aromatic N) is 3. The zero-order valence-electron chi connectivity index (χ0n) is 20.6. The average Bonchev–Trinajstić information content (AvgIpc) is 2.77. The summed E-state index contributed by atoms with van der Waals surface area (Å²) in [4.78, 5) is 29.5. The molecular weight excluding hydrogens is 499 g/mol.